The van der Waals surface area contributed by atoms with Crippen LogP contribution in [0.3, 0.4) is 0 Å². The number of pyridine rings is 1. The van der Waals surface area contributed by atoms with Gasteiger partial charge in [-0.05, 0) is 111 Å². The van der Waals surface area contributed by atoms with Crippen LogP contribution in [0.1, 0.15) is 76.3 Å². The Bertz CT molecular complexity index is 2420. The zero-order chi connectivity index (χ0) is 41.7. The number of anilines is 1. The number of amides is 1. The molecule has 8 rings (SSSR count). The Hall–Kier alpha value is -5.51. The number of carbonyl (C=O) groups is 1. The van der Waals surface area contributed by atoms with Crippen molar-refractivity contribution in [2.45, 2.75) is 87.3 Å². The molecule has 0 saturated carbocycles. The molecule has 2 aliphatic carbocycles. The lowest BCUT2D eigenvalue weighted by molar-refractivity contribution is -0.384. The quantitative estimate of drug-likeness (QED) is 0.0783. The zero-order valence-corrected chi connectivity index (χ0v) is 34.6. The van der Waals surface area contributed by atoms with E-state index in [1.807, 2.05) is 18.2 Å². The molecule has 4 aromatic rings. The number of hydrogen-bond donors (Lipinski definition) is 3. The van der Waals surface area contributed by atoms with E-state index in [4.69, 9.17) is 14.2 Å². The first-order valence-electron chi connectivity index (χ1n) is 21.0. The second kappa shape index (κ2) is 18.0. The first-order valence-corrected chi connectivity index (χ1v) is 22.5. The maximum atomic E-state index is 14.5. The number of aromatic amines is 1. The summed E-state index contributed by atoms with van der Waals surface area (Å²) >= 11 is 0. The van der Waals surface area contributed by atoms with Crippen LogP contribution in [0.25, 0.3) is 11.0 Å². The molecule has 60 heavy (non-hydrogen) atoms. The molecule has 0 bridgehead atoms. The highest BCUT2D eigenvalue weighted by atomic mass is 32.2. The summed E-state index contributed by atoms with van der Waals surface area (Å²) in [5.74, 6) is 0.575. The number of hydrogen-bond acceptors (Lipinski definition) is 11. The molecule has 2 fully saturated rings. The van der Waals surface area contributed by atoms with Crippen LogP contribution in [-0.2, 0) is 19.6 Å². The van der Waals surface area contributed by atoms with Crippen molar-refractivity contribution in [2.24, 2.45) is 5.92 Å². The Morgan fingerprint density at radius 3 is 2.75 bits per heavy atom. The van der Waals surface area contributed by atoms with E-state index in [1.165, 1.54) is 23.9 Å². The van der Waals surface area contributed by atoms with Gasteiger partial charge < -0.3 is 24.5 Å². The predicted molar refractivity (Wildman–Crippen MR) is 228 cm³/mol. The molecule has 3 atom stereocenters. The average molecular weight is 837 g/mol. The van der Waals surface area contributed by atoms with Crippen LogP contribution < -0.4 is 19.5 Å². The molecule has 2 saturated heterocycles. The zero-order valence-electron chi connectivity index (χ0n) is 33.8. The van der Waals surface area contributed by atoms with E-state index in [9.17, 15) is 23.3 Å². The van der Waals surface area contributed by atoms with Gasteiger partial charge in [-0.2, -0.15) is 0 Å². The smallest absolute Gasteiger partial charge is 0.293 e. The van der Waals surface area contributed by atoms with Crippen LogP contribution in [0.4, 0.5) is 11.4 Å². The van der Waals surface area contributed by atoms with E-state index in [0.29, 0.717) is 38.1 Å². The number of ether oxygens (including phenoxy) is 3. The molecule has 0 radical (unpaired) electrons. The van der Waals surface area contributed by atoms with Crippen molar-refractivity contribution < 1.29 is 32.3 Å². The number of rotatable bonds is 15. The number of benzene rings is 2. The van der Waals surface area contributed by atoms with Gasteiger partial charge in [0.25, 0.3) is 21.6 Å². The first kappa shape index (κ1) is 41.2. The second-order valence-electron chi connectivity index (χ2n) is 16.1. The van der Waals surface area contributed by atoms with Gasteiger partial charge >= 0.3 is 0 Å². The summed E-state index contributed by atoms with van der Waals surface area (Å²) in [5, 5.41) is 16.0. The van der Waals surface area contributed by atoms with Gasteiger partial charge in [-0.15, -0.1) is 0 Å². The van der Waals surface area contributed by atoms with Crippen molar-refractivity contribution in [2.75, 3.05) is 38.2 Å². The van der Waals surface area contributed by atoms with Crippen molar-refractivity contribution in [1.29, 1.82) is 0 Å². The fourth-order valence-corrected chi connectivity index (χ4v) is 9.97. The Kier molecular flexibility index (Phi) is 12.4. The minimum Gasteiger partial charge on any atom is -0.493 e. The number of aromatic nitrogens is 2. The van der Waals surface area contributed by atoms with Gasteiger partial charge in [0.2, 0.25) is 5.60 Å². The Morgan fingerprint density at radius 1 is 1.10 bits per heavy atom. The molecular weight excluding hydrogens is 785 g/mol. The van der Waals surface area contributed by atoms with Crippen LogP contribution in [0.2, 0.25) is 0 Å². The van der Waals surface area contributed by atoms with Gasteiger partial charge in [-0.3, -0.25) is 19.8 Å². The van der Waals surface area contributed by atoms with E-state index in [-0.39, 0.29) is 29.8 Å². The van der Waals surface area contributed by atoms with Crippen LogP contribution in [0.5, 0.6) is 11.5 Å². The van der Waals surface area contributed by atoms with Crippen LogP contribution in [0, 0.1) is 16.0 Å². The molecule has 2 aromatic carbocycles. The standard InChI is InChI=1S/C45H52N6O8S/c1-2-23-58-42-10-4-3-8-38(42)40-9-6-22-50(40)35-13-11-32(12-14-35)34-7-5-20-45(28-34,59-36-26-33-17-21-46-43(33)48-30-36)44(52)49-60(55,56)37-15-16-39(41(27-37)51(53)54)47-29-31-18-24-57-25-19-31/h3-5,7-8,10-11,15-17,20-21,26-27,30-31,35,40,47H,2,6,9,12-14,18-19,22-25,28-29H2,1H3,(H,46,48)(H,49,52). The number of nitrogens with one attached hydrogen (secondary N) is 3. The van der Waals surface area contributed by atoms with Gasteiger partial charge in [0.15, 0.2) is 0 Å². The number of nitrogens with zero attached hydrogens (tertiary/aromatic N) is 3. The summed E-state index contributed by atoms with van der Waals surface area (Å²) in [7, 11) is -4.60. The predicted octanol–water partition coefficient (Wildman–Crippen LogP) is 7.92. The van der Waals surface area contributed by atoms with Crippen molar-refractivity contribution in [3.8, 4) is 11.5 Å². The number of likely N-dealkylation sites (tertiary alicyclic amines) is 1. The van der Waals surface area contributed by atoms with Gasteiger partial charge in [0.05, 0.1) is 22.6 Å². The van der Waals surface area contributed by atoms with E-state index in [1.54, 1.807) is 24.4 Å². The molecule has 2 aliphatic heterocycles. The molecule has 1 amide bonds. The van der Waals surface area contributed by atoms with E-state index < -0.39 is 37.0 Å². The third kappa shape index (κ3) is 8.98. The number of carbonyl (C=O) groups excluding carboxylic acids is 1. The number of para-hydroxylation sites is 1. The molecule has 316 valence electrons. The molecule has 15 heteroatoms. The van der Waals surface area contributed by atoms with Crippen molar-refractivity contribution in [1.82, 2.24) is 19.6 Å². The number of nitro benzene ring substituents is 1. The fraction of sp³-hybridized carbons (Fsp3) is 0.422. The maximum absolute atomic E-state index is 14.5. The highest BCUT2D eigenvalue weighted by Crippen LogP contribution is 2.43. The number of sulfonamides is 1. The minimum atomic E-state index is -4.60. The van der Waals surface area contributed by atoms with Crippen molar-refractivity contribution in [3.63, 3.8) is 0 Å². The van der Waals surface area contributed by atoms with Gasteiger partial charge in [0, 0.05) is 61.5 Å². The van der Waals surface area contributed by atoms with Crippen LogP contribution >= 0.6 is 0 Å². The van der Waals surface area contributed by atoms with E-state index in [2.05, 4.69) is 56.1 Å². The molecule has 3 N–H and O–H groups in total. The molecule has 14 nitrogen and oxygen atoms in total. The third-order valence-corrected chi connectivity index (χ3v) is 13.4. The van der Waals surface area contributed by atoms with E-state index in [0.717, 1.165) is 86.3 Å². The average Bonchev–Trinajstić information content (AvgIpc) is 3.96. The van der Waals surface area contributed by atoms with Crippen molar-refractivity contribution in [3.05, 3.63) is 118 Å². The molecule has 2 aromatic heterocycles. The number of nitro groups is 1. The monoisotopic (exact) mass is 836 g/mol. The second-order valence-corrected chi connectivity index (χ2v) is 17.7. The third-order valence-electron chi connectivity index (χ3n) is 12.1. The maximum Gasteiger partial charge on any atom is 0.293 e. The Morgan fingerprint density at radius 2 is 1.95 bits per heavy atom. The lowest BCUT2D eigenvalue weighted by Gasteiger charge is -2.37. The van der Waals surface area contributed by atoms with E-state index >= 15 is 0 Å². The summed E-state index contributed by atoms with van der Waals surface area (Å²) in [4.78, 5) is 35.7. The Labute approximate surface area is 350 Å². The molecule has 0 spiro atoms. The number of H-pyrrole nitrogens is 1. The minimum absolute atomic E-state index is 0.0518. The highest BCUT2D eigenvalue weighted by Gasteiger charge is 2.44. The lowest BCUT2D eigenvalue weighted by Crippen LogP contribution is -2.52. The largest absolute Gasteiger partial charge is 0.493 e. The fourth-order valence-electron chi connectivity index (χ4n) is 8.92. The summed E-state index contributed by atoms with van der Waals surface area (Å²) in [6.45, 7) is 5.54. The summed E-state index contributed by atoms with van der Waals surface area (Å²) < 4.78 is 48.2. The van der Waals surface area contributed by atoms with Crippen LogP contribution in [0.15, 0.2) is 107 Å². The topological polar surface area (TPSA) is 178 Å². The van der Waals surface area contributed by atoms with Crippen LogP contribution in [-0.4, -0.2) is 78.7 Å². The van der Waals surface area contributed by atoms with Gasteiger partial charge in [-0.1, -0.05) is 43.4 Å². The molecular formula is C45H52N6O8S. The summed E-state index contributed by atoms with van der Waals surface area (Å²) in [6, 6.07) is 16.2. The molecule has 3 unspecified atom stereocenters. The van der Waals surface area contributed by atoms with Gasteiger partial charge in [-0.25, -0.2) is 18.1 Å². The number of allylic oxidation sites excluding steroid dienone is 3. The molecule has 4 heterocycles. The Balaban J connectivity index is 1.02. The lowest BCUT2D eigenvalue weighted by atomic mass is 9.81. The first-order chi connectivity index (χ1) is 29.1. The normalized spacial score (nSPS) is 22.6. The highest BCUT2D eigenvalue weighted by molar-refractivity contribution is 7.90. The summed E-state index contributed by atoms with van der Waals surface area (Å²) in [5.41, 5.74) is 1.82. The molecule has 4 aliphatic rings. The van der Waals surface area contributed by atoms with Crippen molar-refractivity contribution >= 4 is 38.3 Å². The number of fused-ring (bicyclic) bond motifs is 1. The summed E-state index contributed by atoms with van der Waals surface area (Å²) in [6.07, 6.45) is 18.1. The SMILES string of the molecule is CCCOc1ccccc1C1CCCN1C1CC=C(C2=CC=CC(Oc3cnc4[nH]ccc4c3)(C(=O)NS(=O)(=O)c3ccc(NCC4CCOCC4)c([N+](=O)[O-])c3)C2)CC1. The van der Waals surface area contributed by atoms with Gasteiger partial charge in [0.1, 0.15) is 22.8 Å².